The number of rotatable bonds is 6. The molecule has 23 heavy (non-hydrogen) atoms. The molecule has 0 saturated carbocycles. The Hall–Kier alpha value is -2.46. The number of Topliss-reactive ketones (excluding diaryl/α,β-unsaturated/α-hetero) is 1. The first kappa shape index (κ1) is 16.9. The summed E-state index contributed by atoms with van der Waals surface area (Å²) in [6.07, 6.45) is 0.585. The van der Waals surface area contributed by atoms with E-state index in [0.717, 1.165) is 5.56 Å². The average Bonchev–Trinajstić information content (AvgIpc) is 2.59. The van der Waals surface area contributed by atoms with Crippen molar-refractivity contribution >= 4 is 11.8 Å². The summed E-state index contributed by atoms with van der Waals surface area (Å²) in [5.74, 6) is -0.270. The smallest absolute Gasteiger partial charge is 0.337 e. The quantitative estimate of drug-likeness (QED) is 0.608. The molecule has 0 radical (unpaired) electrons. The molecule has 0 bridgehead atoms. The van der Waals surface area contributed by atoms with Crippen molar-refractivity contribution in [3.05, 3.63) is 71.3 Å². The summed E-state index contributed by atoms with van der Waals surface area (Å²) in [6, 6.07) is 16.2. The third-order valence-corrected chi connectivity index (χ3v) is 3.79. The van der Waals surface area contributed by atoms with E-state index in [0.29, 0.717) is 17.5 Å². The maximum absolute atomic E-state index is 12.7. The zero-order valence-corrected chi connectivity index (χ0v) is 13.7. The van der Waals surface area contributed by atoms with E-state index in [9.17, 15) is 9.59 Å². The summed E-state index contributed by atoms with van der Waals surface area (Å²) in [5, 5.41) is 0. The predicted molar refractivity (Wildman–Crippen MR) is 89.7 cm³/mol. The molecule has 0 aromatic heterocycles. The Labute approximate surface area is 136 Å². The van der Waals surface area contributed by atoms with E-state index in [1.807, 2.05) is 61.5 Å². The minimum absolute atomic E-state index is 0.0904. The standard InChI is InChI=1S/C19H21NO3/c1-20(2)17(18(21)15-7-5-4-6-8-15)13-14-9-11-16(12-10-14)19(22)23-3/h4-12,17H,13H2,1-3H3/t17-/m1/s1. The molecule has 0 aliphatic rings. The number of ether oxygens (including phenoxy) is 1. The highest BCUT2D eigenvalue weighted by molar-refractivity contribution is 6.00. The maximum atomic E-state index is 12.7. The largest absolute Gasteiger partial charge is 0.465 e. The molecule has 0 aliphatic heterocycles. The van der Waals surface area contributed by atoms with E-state index in [1.54, 1.807) is 12.1 Å². The van der Waals surface area contributed by atoms with E-state index >= 15 is 0 Å². The highest BCUT2D eigenvalue weighted by Gasteiger charge is 2.22. The molecule has 4 heteroatoms. The van der Waals surface area contributed by atoms with Crippen molar-refractivity contribution in [2.45, 2.75) is 12.5 Å². The second kappa shape index (κ2) is 7.70. The highest BCUT2D eigenvalue weighted by Crippen LogP contribution is 2.14. The van der Waals surface area contributed by atoms with E-state index < -0.39 is 0 Å². The predicted octanol–water partition coefficient (Wildman–Crippen LogP) is 2.83. The number of benzene rings is 2. The minimum atomic E-state index is -0.360. The highest BCUT2D eigenvalue weighted by atomic mass is 16.5. The molecule has 1 atom stereocenters. The molecule has 2 aromatic rings. The van der Waals surface area contributed by atoms with Gasteiger partial charge in [-0.1, -0.05) is 42.5 Å². The minimum Gasteiger partial charge on any atom is -0.465 e. The van der Waals surface area contributed by atoms with Crippen molar-refractivity contribution in [1.29, 1.82) is 0 Å². The van der Waals surface area contributed by atoms with Crippen molar-refractivity contribution in [1.82, 2.24) is 4.90 Å². The van der Waals surface area contributed by atoms with Gasteiger partial charge in [0.25, 0.3) is 0 Å². The van der Waals surface area contributed by atoms with Crippen LogP contribution < -0.4 is 0 Å². The molecule has 120 valence electrons. The van der Waals surface area contributed by atoms with Gasteiger partial charge in [0.2, 0.25) is 0 Å². The van der Waals surface area contributed by atoms with Gasteiger partial charge in [0.15, 0.2) is 5.78 Å². The summed E-state index contributed by atoms with van der Waals surface area (Å²) >= 11 is 0. The summed E-state index contributed by atoms with van der Waals surface area (Å²) in [6.45, 7) is 0. The molecule has 0 N–H and O–H groups in total. The summed E-state index contributed by atoms with van der Waals surface area (Å²) in [5.41, 5.74) is 2.21. The zero-order valence-electron chi connectivity index (χ0n) is 13.7. The van der Waals surface area contributed by atoms with Crippen LogP contribution in [0.15, 0.2) is 54.6 Å². The van der Waals surface area contributed by atoms with Gasteiger partial charge in [-0.15, -0.1) is 0 Å². The van der Waals surface area contributed by atoms with Gasteiger partial charge < -0.3 is 4.74 Å². The van der Waals surface area contributed by atoms with Crippen LogP contribution in [0.4, 0.5) is 0 Å². The van der Waals surface area contributed by atoms with Gasteiger partial charge in [-0.3, -0.25) is 9.69 Å². The van der Waals surface area contributed by atoms with Crippen LogP contribution in [0.5, 0.6) is 0 Å². The number of methoxy groups -OCH3 is 1. The average molecular weight is 311 g/mol. The Morgan fingerprint density at radius 3 is 2.09 bits per heavy atom. The number of likely N-dealkylation sites (N-methyl/N-ethyl adjacent to an activating group) is 1. The van der Waals surface area contributed by atoms with Crippen LogP contribution in [0, 0.1) is 0 Å². The van der Waals surface area contributed by atoms with E-state index in [4.69, 9.17) is 4.74 Å². The molecule has 0 heterocycles. The SMILES string of the molecule is COC(=O)c1ccc(C[C@H](C(=O)c2ccccc2)N(C)C)cc1. The molecular formula is C19H21NO3. The summed E-state index contributed by atoms with van der Waals surface area (Å²) in [7, 11) is 5.15. The lowest BCUT2D eigenvalue weighted by atomic mass is 9.96. The number of esters is 1. The number of ketones is 1. The van der Waals surface area contributed by atoms with Gasteiger partial charge in [-0.05, 0) is 38.2 Å². The van der Waals surface area contributed by atoms with Crippen LogP contribution in [0.1, 0.15) is 26.3 Å². The fraction of sp³-hybridized carbons (Fsp3) is 0.263. The third-order valence-electron chi connectivity index (χ3n) is 3.79. The Morgan fingerprint density at radius 1 is 0.957 bits per heavy atom. The number of carbonyl (C=O) groups is 2. The fourth-order valence-corrected chi connectivity index (χ4v) is 2.42. The topological polar surface area (TPSA) is 46.6 Å². The van der Waals surface area contributed by atoms with Gasteiger partial charge in [0.1, 0.15) is 0 Å². The van der Waals surface area contributed by atoms with Crippen LogP contribution in [0.3, 0.4) is 0 Å². The number of nitrogens with zero attached hydrogens (tertiary/aromatic N) is 1. The van der Waals surface area contributed by atoms with Crippen molar-refractivity contribution in [3.63, 3.8) is 0 Å². The molecule has 0 spiro atoms. The van der Waals surface area contributed by atoms with Gasteiger partial charge in [0, 0.05) is 5.56 Å². The lowest BCUT2D eigenvalue weighted by Gasteiger charge is -2.23. The van der Waals surface area contributed by atoms with Crippen molar-refractivity contribution in [2.75, 3.05) is 21.2 Å². The monoisotopic (exact) mass is 311 g/mol. The molecule has 0 fully saturated rings. The van der Waals surface area contributed by atoms with Crippen molar-refractivity contribution in [2.24, 2.45) is 0 Å². The molecule has 2 aromatic carbocycles. The molecule has 2 rings (SSSR count). The Kier molecular flexibility index (Phi) is 5.66. The van der Waals surface area contributed by atoms with Gasteiger partial charge in [-0.25, -0.2) is 4.79 Å². The molecule has 0 amide bonds. The molecule has 0 saturated heterocycles. The number of hydrogen-bond donors (Lipinski definition) is 0. The Balaban J connectivity index is 2.17. The van der Waals surface area contributed by atoms with Crippen LogP contribution >= 0.6 is 0 Å². The second-order valence-electron chi connectivity index (χ2n) is 5.60. The van der Waals surface area contributed by atoms with E-state index in [1.165, 1.54) is 7.11 Å². The van der Waals surface area contributed by atoms with Crippen molar-refractivity contribution < 1.29 is 14.3 Å². The second-order valence-corrected chi connectivity index (χ2v) is 5.60. The van der Waals surface area contributed by atoms with Gasteiger partial charge >= 0.3 is 5.97 Å². The molecule has 0 unspecified atom stereocenters. The lowest BCUT2D eigenvalue weighted by molar-refractivity contribution is 0.0600. The maximum Gasteiger partial charge on any atom is 0.337 e. The normalized spacial score (nSPS) is 12.0. The van der Waals surface area contributed by atoms with Gasteiger partial charge in [0.05, 0.1) is 18.7 Å². The fourth-order valence-electron chi connectivity index (χ4n) is 2.42. The molecule has 0 aliphatic carbocycles. The van der Waals surface area contributed by atoms with Crippen LogP contribution in [0.2, 0.25) is 0 Å². The van der Waals surface area contributed by atoms with Crippen LogP contribution in [-0.4, -0.2) is 43.9 Å². The van der Waals surface area contributed by atoms with Crippen molar-refractivity contribution in [3.8, 4) is 0 Å². The first-order chi connectivity index (χ1) is 11.0. The van der Waals surface area contributed by atoms with Crippen LogP contribution in [0.25, 0.3) is 0 Å². The summed E-state index contributed by atoms with van der Waals surface area (Å²) in [4.78, 5) is 26.1. The van der Waals surface area contributed by atoms with E-state index in [-0.39, 0.29) is 17.8 Å². The third kappa shape index (κ3) is 4.27. The first-order valence-electron chi connectivity index (χ1n) is 7.46. The lowest BCUT2D eigenvalue weighted by Crippen LogP contribution is -2.37. The van der Waals surface area contributed by atoms with Crippen LogP contribution in [-0.2, 0) is 11.2 Å². The molecular weight excluding hydrogens is 290 g/mol. The summed E-state index contributed by atoms with van der Waals surface area (Å²) < 4.78 is 4.69. The van der Waals surface area contributed by atoms with Gasteiger partial charge in [-0.2, -0.15) is 0 Å². The van der Waals surface area contributed by atoms with E-state index in [2.05, 4.69) is 0 Å². The Bertz CT molecular complexity index is 663. The zero-order chi connectivity index (χ0) is 16.8. The molecule has 4 nitrogen and oxygen atoms in total. The Morgan fingerprint density at radius 2 is 1.57 bits per heavy atom. The first-order valence-corrected chi connectivity index (χ1v) is 7.46. The number of carbonyl (C=O) groups excluding carboxylic acids is 2. The number of hydrogen-bond acceptors (Lipinski definition) is 4.